The van der Waals surface area contributed by atoms with E-state index in [9.17, 15) is 0 Å². The Morgan fingerprint density at radius 3 is 2.57 bits per heavy atom. The molecule has 1 aliphatic carbocycles. The van der Waals surface area contributed by atoms with Crippen molar-refractivity contribution in [2.45, 2.75) is 46.7 Å². The lowest BCUT2D eigenvalue weighted by Crippen LogP contribution is -2.20. The zero-order chi connectivity index (χ0) is 10.3. The van der Waals surface area contributed by atoms with Crippen LogP contribution in [0.1, 0.15) is 37.3 Å². The minimum atomic E-state index is 0.485. The third-order valence-electron chi connectivity index (χ3n) is 3.22. The van der Waals surface area contributed by atoms with Gasteiger partial charge in [-0.25, -0.2) is 0 Å². The molecule has 1 saturated carbocycles. The van der Waals surface area contributed by atoms with Gasteiger partial charge in [0.2, 0.25) is 0 Å². The maximum absolute atomic E-state index is 5.11. The van der Waals surface area contributed by atoms with Gasteiger partial charge in [0, 0.05) is 18.2 Å². The molecule has 0 aromatic carbocycles. The van der Waals surface area contributed by atoms with Crippen LogP contribution in [0.4, 0.5) is 0 Å². The first-order valence-corrected chi connectivity index (χ1v) is 5.16. The van der Waals surface area contributed by atoms with Crippen molar-refractivity contribution in [1.82, 2.24) is 10.5 Å². The number of hydrogen-bond donors (Lipinski definition) is 1. The number of aryl methyl sites for hydroxylation is 2. The Bertz CT molecular complexity index is 322. The van der Waals surface area contributed by atoms with Crippen LogP contribution in [0.2, 0.25) is 0 Å². The van der Waals surface area contributed by atoms with E-state index in [2.05, 4.69) is 24.3 Å². The molecular formula is C11H18N2O. The molecule has 1 heterocycles. The van der Waals surface area contributed by atoms with E-state index in [1.54, 1.807) is 0 Å². The van der Waals surface area contributed by atoms with E-state index in [4.69, 9.17) is 4.52 Å². The van der Waals surface area contributed by atoms with E-state index in [0.717, 1.165) is 18.0 Å². The quantitative estimate of drug-likeness (QED) is 0.801. The fraction of sp³-hybridized carbons (Fsp3) is 0.727. The third-order valence-corrected chi connectivity index (χ3v) is 3.22. The van der Waals surface area contributed by atoms with E-state index >= 15 is 0 Å². The number of rotatable bonds is 3. The fourth-order valence-electron chi connectivity index (χ4n) is 1.80. The second-order valence-corrected chi connectivity index (χ2v) is 4.93. The van der Waals surface area contributed by atoms with E-state index in [-0.39, 0.29) is 0 Å². The zero-order valence-electron chi connectivity index (χ0n) is 9.35. The smallest absolute Gasteiger partial charge is 0.138 e. The molecule has 2 rings (SSSR count). The van der Waals surface area contributed by atoms with Crippen molar-refractivity contribution >= 4 is 0 Å². The highest BCUT2D eigenvalue weighted by Gasteiger charge is 2.45. The molecular weight excluding hydrogens is 176 g/mol. The van der Waals surface area contributed by atoms with Gasteiger partial charge >= 0.3 is 0 Å². The van der Waals surface area contributed by atoms with Gasteiger partial charge in [-0.1, -0.05) is 19.0 Å². The van der Waals surface area contributed by atoms with Crippen molar-refractivity contribution in [2.75, 3.05) is 0 Å². The summed E-state index contributed by atoms with van der Waals surface area (Å²) in [5.74, 6) is 0.938. The normalized spacial score (nSPS) is 23.9. The monoisotopic (exact) mass is 194 g/mol. The van der Waals surface area contributed by atoms with Crippen molar-refractivity contribution in [2.24, 2.45) is 5.41 Å². The third kappa shape index (κ3) is 1.69. The number of nitrogens with zero attached hydrogens (tertiary/aromatic N) is 1. The van der Waals surface area contributed by atoms with Crippen molar-refractivity contribution in [3.05, 3.63) is 17.0 Å². The predicted octanol–water partition coefficient (Wildman–Crippen LogP) is 2.18. The maximum Gasteiger partial charge on any atom is 0.138 e. The maximum atomic E-state index is 5.11. The molecule has 3 heteroatoms. The molecule has 1 unspecified atom stereocenters. The predicted molar refractivity (Wildman–Crippen MR) is 55.0 cm³/mol. The molecule has 1 N–H and O–H groups in total. The molecule has 3 nitrogen and oxygen atoms in total. The summed E-state index contributed by atoms with van der Waals surface area (Å²) < 4.78 is 5.11. The molecule has 0 spiro atoms. The van der Waals surface area contributed by atoms with E-state index < -0.39 is 0 Å². The van der Waals surface area contributed by atoms with Gasteiger partial charge in [-0.05, 0) is 25.7 Å². The van der Waals surface area contributed by atoms with Gasteiger partial charge in [0.1, 0.15) is 5.76 Å². The molecule has 1 aliphatic rings. The Labute approximate surface area is 84.9 Å². The van der Waals surface area contributed by atoms with Crippen molar-refractivity contribution in [3.8, 4) is 0 Å². The lowest BCUT2D eigenvalue weighted by atomic mass is 10.1. The number of hydrogen-bond acceptors (Lipinski definition) is 3. The zero-order valence-corrected chi connectivity index (χ0v) is 9.35. The van der Waals surface area contributed by atoms with Gasteiger partial charge < -0.3 is 9.84 Å². The summed E-state index contributed by atoms with van der Waals surface area (Å²) in [5.41, 5.74) is 2.71. The van der Waals surface area contributed by atoms with E-state index in [1.165, 1.54) is 12.0 Å². The van der Waals surface area contributed by atoms with E-state index in [1.807, 2.05) is 13.8 Å². The number of nitrogens with one attached hydrogen (secondary N) is 1. The Kier molecular flexibility index (Phi) is 2.14. The van der Waals surface area contributed by atoms with Crippen LogP contribution in [0.25, 0.3) is 0 Å². The number of aromatic nitrogens is 1. The van der Waals surface area contributed by atoms with Crippen molar-refractivity contribution in [1.29, 1.82) is 0 Å². The average Bonchev–Trinajstić information content (AvgIpc) is 2.58. The highest BCUT2D eigenvalue weighted by Crippen LogP contribution is 2.44. The Hall–Kier alpha value is -0.830. The summed E-state index contributed by atoms with van der Waals surface area (Å²) in [6, 6.07) is 0.663. The van der Waals surface area contributed by atoms with Crippen LogP contribution in [-0.2, 0) is 6.54 Å². The van der Waals surface area contributed by atoms with Gasteiger partial charge in [-0.3, -0.25) is 0 Å². The molecule has 78 valence electrons. The molecule has 1 aromatic rings. The standard InChI is InChI=1S/C11H18N2O/c1-7-9(8(2)14-13-7)6-12-10-5-11(10,3)4/h10,12H,5-6H2,1-4H3. The summed E-state index contributed by atoms with van der Waals surface area (Å²) in [4.78, 5) is 0. The van der Waals surface area contributed by atoms with Crippen LogP contribution in [0.3, 0.4) is 0 Å². The lowest BCUT2D eigenvalue weighted by Gasteiger charge is -2.05. The highest BCUT2D eigenvalue weighted by atomic mass is 16.5. The minimum absolute atomic E-state index is 0.485. The Morgan fingerprint density at radius 2 is 2.14 bits per heavy atom. The van der Waals surface area contributed by atoms with Crippen molar-refractivity contribution < 1.29 is 4.52 Å². The van der Waals surface area contributed by atoms with Crippen LogP contribution >= 0.6 is 0 Å². The van der Waals surface area contributed by atoms with Crippen LogP contribution in [0.15, 0.2) is 4.52 Å². The Balaban J connectivity index is 1.93. The molecule has 0 saturated heterocycles. The summed E-state index contributed by atoms with van der Waals surface area (Å²) in [6.45, 7) is 9.42. The molecule has 1 atom stereocenters. The topological polar surface area (TPSA) is 38.1 Å². The molecule has 1 aromatic heterocycles. The van der Waals surface area contributed by atoms with E-state index in [0.29, 0.717) is 11.5 Å². The molecule has 0 radical (unpaired) electrons. The fourth-order valence-corrected chi connectivity index (χ4v) is 1.80. The average molecular weight is 194 g/mol. The van der Waals surface area contributed by atoms with Crippen LogP contribution in [0, 0.1) is 19.3 Å². The van der Waals surface area contributed by atoms with Crippen LogP contribution in [0.5, 0.6) is 0 Å². The summed E-state index contributed by atoms with van der Waals surface area (Å²) in [7, 11) is 0. The molecule has 0 amide bonds. The summed E-state index contributed by atoms with van der Waals surface area (Å²) >= 11 is 0. The summed E-state index contributed by atoms with van der Waals surface area (Å²) in [5, 5.41) is 7.47. The molecule has 14 heavy (non-hydrogen) atoms. The molecule has 0 aliphatic heterocycles. The first kappa shape index (κ1) is 9.71. The van der Waals surface area contributed by atoms with Gasteiger partial charge in [-0.15, -0.1) is 0 Å². The minimum Gasteiger partial charge on any atom is -0.361 e. The summed E-state index contributed by atoms with van der Waals surface area (Å²) in [6.07, 6.45) is 1.27. The highest BCUT2D eigenvalue weighted by molar-refractivity contribution is 5.21. The first-order valence-electron chi connectivity index (χ1n) is 5.16. The first-order chi connectivity index (χ1) is 6.50. The Morgan fingerprint density at radius 1 is 1.50 bits per heavy atom. The van der Waals surface area contributed by atoms with Gasteiger partial charge in [0.15, 0.2) is 0 Å². The van der Waals surface area contributed by atoms with Crippen molar-refractivity contribution in [3.63, 3.8) is 0 Å². The van der Waals surface area contributed by atoms with Gasteiger partial charge in [0.05, 0.1) is 5.69 Å². The molecule has 1 fully saturated rings. The second kappa shape index (κ2) is 3.09. The van der Waals surface area contributed by atoms with Gasteiger partial charge in [-0.2, -0.15) is 0 Å². The second-order valence-electron chi connectivity index (χ2n) is 4.93. The lowest BCUT2D eigenvalue weighted by molar-refractivity contribution is 0.391. The van der Waals surface area contributed by atoms with Gasteiger partial charge in [0.25, 0.3) is 0 Å². The van der Waals surface area contributed by atoms with Crippen LogP contribution < -0.4 is 5.32 Å². The van der Waals surface area contributed by atoms with Crippen LogP contribution in [-0.4, -0.2) is 11.2 Å². The largest absolute Gasteiger partial charge is 0.361 e. The molecule has 0 bridgehead atoms. The SMILES string of the molecule is Cc1noc(C)c1CNC1CC1(C)C.